The Kier molecular flexibility index (Phi) is 4.44. The molecule has 0 aliphatic heterocycles. The smallest absolute Gasteiger partial charge is 0.244 e. The first kappa shape index (κ1) is 13.4. The van der Waals surface area contributed by atoms with Crippen molar-refractivity contribution in [3.05, 3.63) is 41.7 Å². The summed E-state index contributed by atoms with van der Waals surface area (Å²) in [5.41, 5.74) is 0.598. The number of nitrogens with one attached hydrogen (secondary N) is 1. The highest BCUT2D eigenvalue weighted by atomic mass is 19.1. The molecule has 0 aliphatic rings. The second-order valence-electron chi connectivity index (χ2n) is 4.61. The maximum atomic E-state index is 12.7. The number of halogens is 1. The molecule has 1 aromatic carbocycles. The van der Waals surface area contributed by atoms with Gasteiger partial charge >= 0.3 is 0 Å². The summed E-state index contributed by atoms with van der Waals surface area (Å²) in [7, 11) is 0. The molecule has 0 saturated heterocycles. The SMILES string of the molecule is CCC(C)(C)NC(=O)C=Cc1ccc(F)cc1. The van der Waals surface area contributed by atoms with Gasteiger partial charge in [-0.05, 0) is 44.0 Å². The molecular formula is C14H18FNO. The molecule has 0 fully saturated rings. The lowest BCUT2D eigenvalue weighted by molar-refractivity contribution is -0.117. The van der Waals surface area contributed by atoms with Crippen LogP contribution in [-0.4, -0.2) is 11.4 Å². The third kappa shape index (κ3) is 4.81. The number of amides is 1. The second kappa shape index (κ2) is 5.62. The molecule has 0 spiro atoms. The fourth-order valence-electron chi connectivity index (χ4n) is 1.21. The maximum absolute atomic E-state index is 12.7. The van der Waals surface area contributed by atoms with E-state index in [1.807, 2.05) is 20.8 Å². The Morgan fingerprint density at radius 2 is 1.94 bits per heavy atom. The van der Waals surface area contributed by atoms with Crippen molar-refractivity contribution in [1.29, 1.82) is 0 Å². The summed E-state index contributed by atoms with van der Waals surface area (Å²) in [5, 5.41) is 2.89. The van der Waals surface area contributed by atoms with E-state index in [1.165, 1.54) is 18.2 Å². The standard InChI is InChI=1S/C14H18FNO/c1-4-14(2,3)16-13(17)10-7-11-5-8-12(15)9-6-11/h5-10H,4H2,1-3H3,(H,16,17). The fraction of sp³-hybridized carbons (Fsp3) is 0.357. The van der Waals surface area contributed by atoms with Crippen LogP contribution >= 0.6 is 0 Å². The van der Waals surface area contributed by atoms with Crippen LogP contribution in [0.5, 0.6) is 0 Å². The maximum Gasteiger partial charge on any atom is 0.244 e. The Balaban J connectivity index is 2.60. The van der Waals surface area contributed by atoms with Gasteiger partial charge in [0.15, 0.2) is 0 Å². The molecule has 1 aromatic rings. The molecule has 0 radical (unpaired) electrons. The second-order valence-corrected chi connectivity index (χ2v) is 4.61. The molecule has 0 unspecified atom stereocenters. The summed E-state index contributed by atoms with van der Waals surface area (Å²) in [5.74, 6) is -0.417. The van der Waals surface area contributed by atoms with Crippen molar-refractivity contribution in [3.63, 3.8) is 0 Å². The van der Waals surface area contributed by atoms with Crippen molar-refractivity contribution in [1.82, 2.24) is 5.32 Å². The molecule has 2 nitrogen and oxygen atoms in total. The zero-order chi connectivity index (χ0) is 12.9. The predicted octanol–water partition coefficient (Wildman–Crippen LogP) is 3.14. The summed E-state index contributed by atoms with van der Waals surface area (Å²) >= 11 is 0. The van der Waals surface area contributed by atoms with Gasteiger partial charge < -0.3 is 5.32 Å². The largest absolute Gasteiger partial charge is 0.348 e. The molecule has 17 heavy (non-hydrogen) atoms. The Morgan fingerprint density at radius 3 is 2.47 bits per heavy atom. The van der Waals surface area contributed by atoms with Gasteiger partial charge in [0, 0.05) is 11.6 Å². The van der Waals surface area contributed by atoms with Gasteiger partial charge in [0.05, 0.1) is 0 Å². The van der Waals surface area contributed by atoms with Crippen molar-refractivity contribution in [2.45, 2.75) is 32.7 Å². The summed E-state index contributed by atoms with van der Waals surface area (Å²) in [4.78, 5) is 11.6. The summed E-state index contributed by atoms with van der Waals surface area (Å²) < 4.78 is 12.7. The molecule has 0 aliphatic carbocycles. The summed E-state index contributed by atoms with van der Waals surface area (Å²) in [6.45, 7) is 5.96. The highest BCUT2D eigenvalue weighted by Crippen LogP contribution is 2.08. The van der Waals surface area contributed by atoms with Crippen LogP contribution in [0.1, 0.15) is 32.8 Å². The van der Waals surface area contributed by atoms with E-state index in [4.69, 9.17) is 0 Å². The minimum atomic E-state index is -0.279. The molecule has 0 heterocycles. The van der Waals surface area contributed by atoms with Crippen LogP contribution in [0, 0.1) is 5.82 Å². The Morgan fingerprint density at radius 1 is 1.35 bits per heavy atom. The van der Waals surface area contributed by atoms with Crippen molar-refractivity contribution < 1.29 is 9.18 Å². The van der Waals surface area contributed by atoms with Crippen LogP contribution in [0.2, 0.25) is 0 Å². The van der Waals surface area contributed by atoms with Crippen molar-refractivity contribution in [2.75, 3.05) is 0 Å². The Labute approximate surface area is 102 Å². The normalized spacial score (nSPS) is 11.8. The zero-order valence-electron chi connectivity index (χ0n) is 10.5. The number of rotatable bonds is 4. The number of hydrogen-bond acceptors (Lipinski definition) is 1. The summed E-state index contributed by atoms with van der Waals surface area (Å²) in [6.07, 6.45) is 3.99. The quantitative estimate of drug-likeness (QED) is 0.798. The summed E-state index contributed by atoms with van der Waals surface area (Å²) in [6, 6.07) is 6.00. The average Bonchev–Trinajstić information content (AvgIpc) is 2.28. The van der Waals surface area contributed by atoms with Crippen molar-refractivity contribution in [2.24, 2.45) is 0 Å². The van der Waals surface area contributed by atoms with Gasteiger partial charge in [-0.3, -0.25) is 4.79 Å². The molecule has 0 saturated carbocycles. The van der Waals surface area contributed by atoms with Gasteiger partial charge in [-0.25, -0.2) is 4.39 Å². The van der Waals surface area contributed by atoms with Crippen LogP contribution in [0.3, 0.4) is 0 Å². The topological polar surface area (TPSA) is 29.1 Å². The minimum Gasteiger partial charge on any atom is -0.348 e. The first-order valence-corrected chi connectivity index (χ1v) is 5.69. The first-order valence-electron chi connectivity index (χ1n) is 5.69. The van der Waals surface area contributed by atoms with Crippen molar-refractivity contribution in [3.8, 4) is 0 Å². The molecule has 1 N–H and O–H groups in total. The van der Waals surface area contributed by atoms with Gasteiger partial charge in [0.25, 0.3) is 0 Å². The van der Waals surface area contributed by atoms with Gasteiger partial charge in [-0.15, -0.1) is 0 Å². The van der Waals surface area contributed by atoms with E-state index in [0.29, 0.717) is 0 Å². The molecular weight excluding hydrogens is 217 g/mol. The highest BCUT2D eigenvalue weighted by molar-refractivity contribution is 5.92. The van der Waals surface area contributed by atoms with Crippen LogP contribution in [0.4, 0.5) is 4.39 Å². The third-order valence-corrected chi connectivity index (χ3v) is 2.64. The van der Waals surface area contributed by atoms with E-state index in [9.17, 15) is 9.18 Å². The highest BCUT2D eigenvalue weighted by Gasteiger charge is 2.15. The lowest BCUT2D eigenvalue weighted by atomic mass is 10.0. The predicted molar refractivity (Wildman–Crippen MR) is 67.9 cm³/mol. The first-order chi connectivity index (χ1) is 7.93. The van der Waals surface area contributed by atoms with Crippen LogP contribution in [0.15, 0.2) is 30.3 Å². The van der Waals surface area contributed by atoms with Gasteiger partial charge in [0.2, 0.25) is 5.91 Å². The van der Waals surface area contributed by atoms with E-state index < -0.39 is 0 Å². The van der Waals surface area contributed by atoms with E-state index in [2.05, 4.69) is 5.32 Å². The monoisotopic (exact) mass is 235 g/mol. The molecule has 1 amide bonds. The van der Waals surface area contributed by atoms with Crippen LogP contribution < -0.4 is 5.32 Å². The van der Waals surface area contributed by atoms with Crippen LogP contribution in [0.25, 0.3) is 6.08 Å². The fourth-order valence-corrected chi connectivity index (χ4v) is 1.21. The number of carbonyl (C=O) groups is 1. The van der Waals surface area contributed by atoms with Gasteiger partial charge in [-0.2, -0.15) is 0 Å². The number of benzene rings is 1. The van der Waals surface area contributed by atoms with Gasteiger partial charge in [0.1, 0.15) is 5.82 Å². The molecule has 0 aromatic heterocycles. The molecule has 92 valence electrons. The lowest BCUT2D eigenvalue weighted by Gasteiger charge is -2.23. The third-order valence-electron chi connectivity index (χ3n) is 2.64. The van der Waals surface area contributed by atoms with Crippen LogP contribution in [-0.2, 0) is 4.79 Å². The van der Waals surface area contributed by atoms with Crippen molar-refractivity contribution >= 4 is 12.0 Å². The van der Waals surface area contributed by atoms with E-state index in [0.717, 1.165) is 12.0 Å². The van der Waals surface area contributed by atoms with E-state index in [1.54, 1.807) is 18.2 Å². The Hall–Kier alpha value is -1.64. The molecule has 0 atom stereocenters. The Bertz CT molecular complexity index is 407. The number of hydrogen-bond donors (Lipinski definition) is 1. The minimum absolute atomic E-state index is 0.138. The number of carbonyl (C=O) groups excluding carboxylic acids is 1. The molecule has 1 rings (SSSR count). The molecule has 0 bridgehead atoms. The molecule has 3 heteroatoms. The van der Waals surface area contributed by atoms with E-state index >= 15 is 0 Å². The zero-order valence-corrected chi connectivity index (χ0v) is 10.5. The van der Waals surface area contributed by atoms with E-state index in [-0.39, 0.29) is 17.3 Å². The average molecular weight is 235 g/mol. The lowest BCUT2D eigenvalue weighted by Crippen LogP contribution is -2.41. The van der Waals surface area contributed by atoms with Gasteiger partial charge in [-0.1, -0.05) is 19.1 Å².